The molecule has 58 valence electrons. The lowest BCUT2D eigenvalue weighted by atomic mass is 10.1. The first kappa shape index (κ1) is 7.73. The van der Waals surface area contributed by atoms with E-state index in [1.54, 1.807) is 6.92 Å². The van der Waals surface area contributed by atoms with Crippen LogP contribution in [0.5, 0.6) is 0 Å². The van der Waals surface area contributed by atoms with Crippen LogP contribution in [0.25, 0.3) is 0 Å². The zero-order valence-electron chi connectivity index (χ0n) is 6.82. The number of likely N-dealkylation sites (tertiary alicyclic amines) is 1. The van der Waals surface area contributed by atoms with E-state index in [4.69, 9.17) is 0 Å². The molecule has 0 aromatic carbocycles. The summed E-state index contributed by atoms with van der Waals surface area (Å²) in [5.41, 5.74) is 0.968. The van der Waals surface area contributed by atoms with Crippen LogP contribution in [0, 0.1) is 0 Å². The predicted octanol–water partition coefficient (Wildman–Crippen LogP) is 1.95. The number of likely N-dealkylation sites (N-methyl/N-ethyl adjacent to an activating group) is 1. The van der Waals surface area contributed by atoms with Crippen LogP contribution in [-0.4, -0.2) is 24.5 Å². The van der Waals surface area contributed by atoms with Gasteiger partial charge in [0.1, 0.15) is 0 Å². The van der Waals surface area contributed by atoms with Crippen LogP contribution in [0.15, 0.2) is 11.4 Å². The van der Waals surface area contributed by atoms with Gasteiger partial charge in [-0.15, -0.1) is 0 Å². The van der Waals surface area contributed by atoms with E-state index >= 15 is 0 Å². The summed E-state index contributed by atoms with van der Waals surface area (Å²) in [7, 11) is 2.03. The summed E-state index contributed by atoms with van der Waals surface area (Å²) in [5.74, 6) is 0.0104. The van der Waals surface area contributed by atoms with Gasteiger partial charge in [0.15, 0.2) is 0 Å². The summed E-state index contributed by atoms with van der Waals surface area (Å²) in [6.45, 7) is 4.47. The molecule has 0 spiro atoms. The van der Waals surface area contributed by atoms with Crippen molar-refractivity contribution in [2.45, 2.75) is 26.3 Å². The fourth-order valence-corrected chi connectivity index (χ4v) is 1.28. The summed E-state index contributed by atoms with van der Waals surface area (Å²) in [4.78, 5) is 2.17. The maximum atomic E-state index is 12.6. The molecule has 1 atom stereocenters. The minimum Gasteiger partial charge on any atom is -0.299 e. The molecule has 1 saturated heterocycles. The van der Waals surface area contributed by atoms with Crippen molar-refractivity contribution in [3.63, 3.8) is 0 Å². The molecule has 1 nitrogen and oxygen atoms in total. The smallest absolute Gasteiger partial charge is 0.0974 e. The molecule has 1 rings (SSSR count). The molecule has 0 N–H and O–H groups in total. The number of nitrogens with zero attached hydrogens (tertiary/aromatic N) is 1. The molecular formula is C8H14FN. The summed E-state index contributed by atoms with van der Waals surface area (Å²) >= 11 is 0. The lowest BCUT2D eigenvalue weighted by Crippen LogP contribution is -2.20. The van der Waals surface area contributed by atoms with E-state index in [0.29, 0.717) is 6.04 Å². The van der Waals surface area contributed by atoms with Crippen LogP contribution >= 0.6 is 0 Å². The first-order valence-electron chi connectivity index (χ1n) is 3.65. The van der Waals surface area contributed by atoms with Gasteiger partial charge in [0.25, 0.3) is 0 Å². The van der Waals surface area contributed by atoms with Crippen LogP contribution in [-0.2, 0) is 0 Å². The Balaban J connectivity index is 2.66. The Kier molecular flexibility index (Phi) is 2.09. The van der Waals surface area contributed by atoms with Crippen molar-refractivity contribution in [3.8, 4) is 0 Å². The van der Waals surface area contributed by atoms with Gasteiger partial charge in [-0.25, -0.2) is 4.39 Å². The maximum absolute atomic E-state index is 12.6. The molecule has 1 heterocycles. The monoisotopic (exact) mass is 143 g/mol. The van der Waals surface area contributed by atoms with Crippen LogP contribution in [0.4, 0.5) is 4.39 Å². The van der Waals surface area contributed by atoms with Gasteiger partial charge in [-0.1, -0.05) is 0 Å². The van der Waals surface area contributed by atoms with Gasteiger partial charge < -0.3 is 0 Å². The van der Waals surface area contributed by atoms with Crippen molar-refractivity contribution in [3.05, 3.63) is 11.4 Å². The SMILES string of the molecule is C/C(F)=C1/CC(C)N(C)C1. The average molecular weight is 143 g/mol. The van der Waals surface area contributed by atoms with E-state index in [9.17, 15) is 4.39 Å². The summed E-state index contributed by atoms with van der Waals surface area (Å²) in [6.07, 6.45) is 0.902. The molecule has 0 aliphatic carbocycles. The van der Waals surface area contributed by atoms with Crippen LogP contribution < -0.4 is 0 Å². The Morgan fingerprint density at radius 2 is 2.30 bits per heavy atom. The number of allylic oxidation sites excluding steroid dienone is 1. The predicted molar refractivity (Wildman–Crippen MR) is 40.5 cm³/mol. The highest BCUT2D eigenvalue weighted by atomic mass is 19.1. The van der Waals surface area contributed by atoms with Gasteiger partial charge in [0.2, 0.25) is 0 Å². The molecule has 0 bridgehead atoms. The molecule has 0 amide bonds. The highest BCUT2D eigenvalue weighted by Gasteiger charge is 2.21. The minimum atomic E-state index is 0.0104. The number of rotatable bonds is 0. The van der Waals surface area contributed by atoms with Crippen molar-refractivity contribution in [2.75, 3.05) is 13.6 Å². The van der Waals surface area contributed by atoms with Crippen molar-refractivity contribution >= 4 is 0 Å². The Bertz CT molecular complexity index is 147. The van der Waals surface area contributed by atoms with E-state index in [1.807, 2.05) is 7.05 Å². The first-order valence-corrected chi connectivity index (χ1v) is 3.65. The normalized spacial score (nSPS) is 33.0. The fraction of sp³-hybridized carbons (Fsp3) is 0.750. The quantitative estimate of drug-likeness (QED) is 0.501. The summed E-state index contributed by atoms with van der Waals surface area (Å²) < 4.78 is 12.6. The summed E-state index contributed by atoms with van der Waals surface area (Å²) in [6, 6.07) is 0.515. The summed E-state index contributed by atoms with van der Waals surface area (Å²) in [5, 5.41) is 0. The Morgan fingerprint density at radius 1 is 1.70 bits per heavy atom. The lowest BCUT2D eigenvalue weighted by molar-refractivity contribution is 0.332. The zero-order chi connectivity index (χ0) is 7.72. The lowest BCUT2D eigenvalue weighted by Gasteiger charge is -2.11. The van der Waals surface area contributed by atoms with E-state index in [-0.39, 0.29) is 5.83 Å². The largest absolute Gasteiger partial charge is 0.299 e. The number of hydrogen-bond donors (Lipinski definition) is 0. The van der Waals surface area contributed by atoms with Crippen LogP contribution in [0.1, 0.15) is 20.3 Å². The third-order valence-electron chi connectivity index (χ3n) is 2.22. The molecule has 1 fully saturated rings. The van der Waals surface area contributed by atoms with E-state index in [1.165, 1.54) is 0 Å². The van der Waals surface area contributed by atoms with Gasteiger partial charge in [-0.3, -0.25) is 4.90 Å². The second kappa shape index (κ2) is 2.70. The Hall–Kier alpha value is -0.370. The molecular weight excluding hydrogens is 129 g/mol. The highest BCUT2D eigenvalue weighted by molar-refractivity contribution is 5.14. The van der Waals surface area contributed by atoms with Gasteiger partial charge >= 0.3 is 0 Å². The second-order valence-corrected chi connectivity index (χ2v) is 3.11. The molecule has 1 unspecified atom stereocenters. The molecule has 0 aromatic rings. The molecule has 0 aromatic heterocycles. The Morgan fingerprint density at radius 3 is 2.50 bits per heavy atom. The van der Waals surface area contributed by atoms with E-state index < -0.39 is 0 Å². The van der Waals surface area contributed by atoms with Crippen molar-refractivity contribution in [1.29, 1.82) is 0 Å². The molecule has 0 radical (unpaired) electrons. The van der Waals surface area contributed by atoms with Crippen molar-refractivity contribution in [1.82, 2.24) is 4.90 Å². The third kappa shape index (κ3) is 1.37. The molecule has 10 heavy (non-hydrogen) atoms. The maximum Gasteiger partial charge on any atom is 0.0974 e. The number of halogens is 1. The second-order valence-electron chi connectivity index (χ2n) is 3.11. The van der Waals surface area contributed by atoms with E-state index in [2.05, 4.69) is 11.8 Å². The van der Waals surface area contributed by atoms with Gasteiger partial charge in [-0.05, 0) is 32.9 Å². The molecule has 1 aliphatic heterocycles. The number of hydrogen-bond acceptors (Lipinski definition) is 1. The Labute approximate surface area is 61.5 Å². The topological polar surface area (TPSA) is 3.24 Å². The van der Waals surface area contributed by atoms with Gasteiger partial charge in [0.05, 0.1) is 5.83 Å². The van der Waals surface area contributed by atoms with Gasteiger partial charge in [0, 0.05) is 12.6 Å². The highest BCUT2D eigenvalue weighted by Crippen LogP contribution is 2.23. The van der Waals surface area contributed by atoms with Crippen molar-refractivity contribution < 1.29 is 4.39 Å². The van der Waals surface area contributed by atoms with Gasteiger partial charge in [-0.2, -0.15) is 0 Å². The van der Waals surface area contributed by atoms with E-state index in [0.717, 1.165) is 18.5 Å². The minimum absolute atomic E-state index is 0.0104. The van der Waals surface area contributed by atoms with Crippen molar-refractivity contribution in [2.24, 2.45) is 0 Å². The average Bonchev–Trinajstić information content (AvgIpc) is 2.13. The van der Waals surface area contributed by atoms with Crippen LogP contribution in [0.3, 0.4) is 0 Å². The molecule has 1 aliphatic rings. The molecule has 2 heteroatoms. The first-order chi connectivity index (χ1) is 4.61. The zero-order valence-corrected chi connectivity index (χ0v) is 6.82. The fourth-order valence-electron chi connectivity index (χ4n) is 1.28. The molecule has 0 saturated carbocycles. The standard InChI is InChI=1S/C8H14FN/c1-6-4-8(7(2)9)5-10(6)3/h6H,4-5H2,1-3H3/b8-7+. The van der Waals surface area contributed by atoms with Crippen LogP contribution in [0.2, 0.25) is 0 Å². The third-order valence-corrected chi connectivity index (χ3v) is 2.22.